The van der Waals surface area contributed by atoms with Gasteiger partial charge in [0, 0.05) is 16.9 Å². The first-order chi connectivity index (χ1) is 9.79. The van der Waals surface area contributed by atoms with E-state index < -0.39 is 0 Å². The molecule has 0 saturated heterocycles. The lowest BCUT2D eigenvalue weighted by Crippen LogP contribution is -2.27. The van der Waals surface area contributed by atoms with Crippen molar-refractivity contribution in [3.05, 3.63) is 58.5 Å². The van der Waals surface area contributed by atoms with E-state index in [2.05, 4.69) is 51.6 Å². The van der Waals surface area contributed by atoms with Gasteiger partial charge in [0.1, 0.15) is 5.76 Å². The molecule has 0 spiro atoms. The second-order valence-electron chi connectivity index (χ2n) is 5.66. The van der Waals surface area contributed by atoms with Crippen molar-refractivity contribution in [3.8, 4) is 0 Å². The van der Waals surface area contributed by atoms with Crippen molar-refractivity contribution in [2.75, 3.05) is 6.54 Å². The van der Waals surface area contributed by atoms with E-state index in [-0.39, 0.29) is 0 Å². The van der Waals surface area contributed by atoms with E-state index in [0.717, 1.165) is 35.7 Å². The molecule has 1 aromatic carbocycles. The Morgan fingerprint density at radius 1 is 1.15 bits per heavy atom. The van der Waals surface area contributed by atoms with Crippen molar-refractivity contribution >= 4 is 15.9 Å². The van der Waals surface area contributed by atoms with Crippen LogP contribution in [-0.4, -0.2) is 12.6 Å². The number of rotatable bonds is 7. The molecule has 1 aliphatic carbocycles. The number of hydrogen-bond donors (Lipinski definition) is 1. The molecule has 2 aromatic rings. The molecule has 3 rings (SSSR count). The molecular weight excluding hydrogens is 314 g/mol. The van der Waals surface area contributed by atoms with Crippen molar-refractivity contribution in [1.29, 1.82) is 0 Å². The summed E-state index contributed by atoms with van der Waals surface area (Å²) < 4.78 is 6.65. The molecule has 1 aromatic heterocycles. The highest BCUT2D eigenvalue weighted by Gasteiger charge is 2.22. The third-order valence-electron chi connectivity index (χ3n) is 3.78. The van der Waals surface area contributed by atoms with Gasteiger partial charge in [-0.15, -0.1) is 0 Å². The summed E-state index contributed by atoms with van der Waals surface area (Å²) in [5.41, 5.74) is 1.39. The minimum atomic E-state index is 0.586. The average molecular weight is 334 g/mol. The molecule has 0 bridgehead atoms. The number of furan rings is 1. The van der Waals surface area contributed by atoms with Crippen LogP contribution in [0.15, 0.2) is 51.6 Å². The van der Waals surface area contributed by atoms with Crippen molar-refractivity contribution in [1.82, 2.24) is 5.32 Å². The van der Waals surface area contributed by atoms with Gasteiger partial charge in [-0.3, -0.25) is 0 Å². The van der Waals surface area contributed by atoms with Gasteiger partial charge in [0.2, 0.25) is 0 Å². The molecule has 1 N–H and O–H groups in total. The van der Waals surface area contributed by atoms with Crippen molar-refractivity contribution in [2.24, 2.45) is 5.92 Å². The van der Waals surface area contributed by atoms with Gasteiger partial charge in [-0.1, -0.05) is 28.1 Å². The van der Waals surface area contributed by atoms with E-state index in [4.69, 9.17) is 4.42 Å². The van der Waals surface area contributed by atoms with Crippen LogP contribution in [0.2, 0.25) is 0 Å². The van der Waals surface area contributed by atoms with Gasteiger partial charge < -0.3 is 9.73 Å². The molecule has 1 unspecified atom stereocenters. The van der Waals surface area contributed by atoms with E-state index >= 15 is 0 Å². The Kier molecular flexibility index (Phi) is 4.58. The molecular formula is C17H20BrNO. The van der Waals surface area contributed by atoms with Gasteiger partial charge in [-0.05, 0) is 61.6 Å². The highest BCUT2D eigenvalue weighted by Crippen LogP contribution is 2.21. The van der Waals surface area contributed by atoms with Crippen LogP contribution in [0.5, 0.6) is 0 Å². The predicted molar refractivity (Wildman–Crippen MR) is 84.8 cm³/mol. The monoisotopic (exact) mass is 333 g/mol. The van der Waals surface area contributed by atoms with Crippen LogP contribution in [0.1, 0.15) is 24.2 Å². The predicted octanol–water partition coefficient (Wildman–Crippen LogP) is 4.20. The molecule has 0 aliphatic heterocycles. The van der Waals surface area contributed by atoms with Gasteiger partial charge in [0.05, 0.1) is 6.26 Å². The zero-order valence-electron chi connectivity index (χ0n) is 11.5. The Bertz CT molecular complexity index is 516. The topological polar surface area (TPSA) is 25.2 Å². The van der Waals surface area contributed by atoms with Gasteiger partial charge >= 0.3 is 0 Å². The number of benzene rings is 1. The third-order valence-corrected chi connectivity index (χ3v) is 4.31. The average Bonchev–Trinajstić information content (AvgIpc) is 3.15. The summed E-state index contributed by atoms with van der Waals surface area (Å²) in [5, 5.41) is 3.65. The highest BCUT2D eigenvalue weighted by atomic mass is 79.9. The van der Waals surface area contributed by atoms with Crippen molar-refractivity contribution < 1.29 is 4.42 Å². The number of nitrogens with one attached hydrogen (secondary N) is 1. The molecule has 0 radical (unpaired) electrons. The van der Waals surface area contributed by atoms with E-state index in [9.17, 15) is 0 Å². The summed E-state index contributed by atoms with van der Waals surface area (Å²) in [6.45, 7) is 1.07. The Hall–Kier alpha value is -1.06. The second-order valence-corrected chi connectivity index (χ2v) is 6.58. The summed E-state index contributed by atoms with van der Waals surface area (Å²) in [6, 6.07) is 13.5. The van der Waals surface area contributed by atoms with Gasteiger partial charge in [0.25, 0.3) is 0 Å². The Morgan fingerprint density at radius 2 is 1.95 bits per heavy atom. The van der Waals surface area contributed by atoms with E-state index in [1.54, 1.807) is 6.26 Å². The van der Waals surface area contributed by atoms with Gasteiger partial charge in [0.15, 0.2) is 0 Å². The number of hydrogen-bond acceptors (Lipinski definition) is 2. The Labute approximate surface area is 128 Å². The maximum Gasteiger partial charge on any atom is 0.104 e. The largest absolute Gasteiger partial charge is 0.469 e. The SMILES string of the molecule is Brc1ccc(CC(CNC2CC2)Cc2ccco2)cc1. The maximum atomic E-state index is 5.51. The lowest BCUT2D eigenvalue weighted by atomic mass is 9.95. The smallest absolute Gasteiger partial charge is 0.104 e. The van der Waals surface area contributed by atoms with Crippen LogP contribution < -0.4 is 5.32 Å². The summed E-state index contributed by atoms with van der Waals surface area (Å²) >= 11 is 3.49. The molecule has 1 atom stereocenters. The summed E-state index contributed by atoms with van der Waals surface area (Å²) in [4.78, 5) is 0. The van der Waals surface area contributed by atoms with Gasteiger partial charge in [-0.2, -0.15) is 0 Å². The standard InChI is InChI=1S/C17H20BrNO/c18-15-5-3-13(4-6-15)10-14(12-19-16-7-8-16)11-17-2-1-9-20-17/h1-6,9,14,16,19H,7-8,10-12H2. The first-order valence-electron chi connectivity index (χ1n) is 7.30. The van der Waals surface area contributed by atoms with Crippen molar-refractivity contribution in [3.63, 3.8) is 0 Å². The second kappa shape index (κ2) is 6.59. The lowest BCUT2D eigenvalue weighted by molar-refractivity contribution is 0.414. The maximum absolute atomic E-state index is 5.51. The summed E-state index contributed by atoms with van der Waals surface area (Å²) in [7, 11) is 0. The summed E-state index contributed by atoms with van der Waals surface area (Å²) in [5.74, 6) is 1.67. The molecule has 1 aliphatic rings. The van der Waals surface area contributed by atoms with E-state index in [1.165, 1.54) is 18.4 Å². The van der Waals surface area contributed by atoms with E-state index in [0.29, 0.717) is 5.92 Å². The zero-order valence-corrected chi connectivity index (χ0v) is 13.1. The summed E-state index contributed by atoms with van der Waals surface area (Å²) in [6.07, 6.45) is 6.54. The molecule has 1 fully saturated rings. The normalized spacial score (nSPS) is 16.2. The first kappa shape index (κ1) is 13.9. The van der Waals surface area contributed by atoms with Crippen molar-refractivity contribution in [2.45, 2.75) is 31.7 Å². The highest BCUT2D eigenvalue weighted by molar-refractivity contribution is 9.10. The molecule has 0 amide bonds. The fourth-order valence-corrected chi connectivity index (χ4v) is 2.77. The Balaban J connectivity index is 1.61. The van der Waals surface area contributed by atoms with Crippen LogP contribution in [0.3, 0.4) is 0 Å². The molecule has 106 valence electrons. The Morgan fingerprint density at radius 3 is 2.60 bits per heavy atom. The molecule has 1 saturated carbocycles. The van der Waals surface area contributed by atoms with E-state index in [1.807, 2.05) is 6.07 Å². The molecule has 2 nitrogen and oxygen atoms in total. The fourth-order valence-electron chi connectivity index (χ4n) is 2.50. The lowest BCUT2D eigenvalue weighted by Gasteiger charge is -2.17. The van der Waals surface area contributed by atoms with Crippen LogP contribution in [0.4, 0.5) is 0 Å². The van der Waals surface area contributed by atoms with Crippen LogP contribution in [0.25, 0.3) is 0 Å². The van der Waals surface area contributed by atoms with Gasteiger partial charge in [-0.25, -0.2) is 0 Å². The molecule has 1 heterocycles. The minimum Gasteiger partial charge on any atom is -0.469 e. The van der Waals surface area contributed by atoms with Crippen LogP contribution in [0, 0.1) is 5.92 Å². The quantitative estimate of drug-likeness (QED) is 0.821. The zero-order chi connectivity index (χ0) is 13.8. The van der Waals surface area contributed by atoms with Crippen LogP contribution in [-0.2, 0) is 12.8 Å². The number of halogens is 1. The minimum absolute atomic E-state index is 0.586. The van der Waals surface area contributed by atoms with Crippen LogP contribution >= 0.6 is 15.9 Å². The first-order valence-corrected chi connectivity index (χ1v) is 8.09. The fraction of sp³-hybridized carbons (Fsp3) is 0.412. The molecule has 3 heteroatoms. The third kappa shape index (κ3) is 4.22. The molecule has 20 heavy (non-hydrogen) atoms.